The van der Waals surface area contributed by atoms with Crippen molar-refractivity contribution in [3.8, 4) is 0 Å². The largest absolute Gasteiger partial charge is 0.322 e. The third kappa shape index (κ3) is 5.37. The standard InChI is InChI=1S/C22H25ClN4O2/c1-15-8-9-16-13-17(21(28)24-20(16)12-15)14-27(11-10-26(2)3)22(29)25-19-7-5-4-6-18(19)23/h4-9,12-13H,10-11,14H2,1-3H3,(H,24,28)(H,25,29). The molecule has 3 rings (SSSR count). The monoisotopic (exact) mass is 412 g/mol. The fraction of sp³-hybridized carbons (Fsp3) is 0.273. The number of pyridine rings is 1. The minimum Gasteiger partial charge on any atom is -0.322 e. The van der Waals surface area contributed by atoms with E-state index in [0.29, 0.717) is 29.4 Å². The van der Waals surface area contributed by atoms with E-state index < -0.39 is 0 Å². The Bertz CT molecular complexity index is 1080. The van der Waals surface area contributed by atoms with Gasteiger partial charge in [0.25, 0.3) is 5.56 Å². The molecule has 0 unspecified atom stereocenters. The molecule has 0 aliphatic heterocycles. The van der Waals surface area contributed by atoms with Gasteiger partial charge in [-0.15, -0.1) is 0 Å². The van der Waals surface area contributed by atoms with E-state index in [1.54, 1.807) is 23.1 Å². The number of aryl methyl sites for hydroxylation is 1. The number of carbonyl (C=O) groups is 1. The number of hydrogen-bond donors (Lipinski definition) is 2. The Labute approximate surface area is 175 Å². The summed E-state index contributed by atoms with van der Waals surface area (Å²) in [5, 5.41) is 4.24. The van der Waals surface area contributed by atoms with Crippen LogP contribution in [-0.4, -0.2) is 48.0 Å². The Balaban J connectivity index is 1.87. The molecule has 0 aliphatic carbocycles. The Kier molecular flexibility index (Phi) is 6.56. The van der Waals surface area contributed by atoms with Crippen LogP contribution in [0, 0.1) is 6.92 Å². The first-order valence-electron chi connectivity index (χ1n) is 9.41. The summed E-state index contributed by atoms with van der Waals surface area (Å²) in [6, 6.07) is 14.5. The lowest BCUT2D eigenvalue weighted by Crippen LogP contribution is -2.40. The topological polar surface area (TPSA) is 68.4 Å². The van der Waals surface area contributed by atoms with Crippen LogP contribution in [0.1, 0.15) is 11.1 Å². The lowest BCUT2D eigenvalue weighted by Gasteiger charge is -2.25. The molecule has 6 nitrogen and oxygen atoms in total. The molecule has 0 spiro atoms. The van der Waals surface area contributed by atoms with Gasteiger partial charge in [0.2, 0.25) is 0 Å². The first-order valence-corrected chi connectivity index (χ1v) is 9.79. The number of aromatic amines is 1. The highest BCUT2D eigenvalue weighted by Gasteiger charge is 2.17. The number of nitrogens with one attached hydrogen (secondary N) is 2. The van der Waals surface area contributed by atoms with E-state index in [-0.39, 0.29) is 18.1 Å². The van der Waals surface area contributed by atoms with E-state index in [0.717, 1.165) is 16.5 Å². The maximum absolute atomic E-state index is 12.9. The van der Waals surface area contributed by atoms with E-state index in [4.69, 9.17) is 11.6 Å². The Hall–Kier alpha value is -2.83. The first kappa shape index (κ1) is 20.9. The van der Waals surface area contributed by atoms with Crippen molar-refractivity contribution in [2.24, 2.45) is 0 Å². The van der Waals surface area contributed by atoms with Gasteiger partial charge in [-0.1, -0.05) is 35.9 Å². The molecule has 29 heavy (non-hydrogen) atoms. The number of halogens is 1. The summed E-state index contributed by atoms with van der Waals surface area (Å²) in [4.78, 5) is 32.1. The van der Waals surface area contributed by atoms with E-state index in [9.17, 15) is 9.59 Å². The molecule has 0 fully saturated rings. The van der Waals surface area contributed by atoms with Gasteiger partial charge < -0.3 is 20.1 Å². The summed E-state index contributed by atoms with van der Waals surface area (Å²) in [5.74, 6) is 0. The number of urea groups is 1. The van der Waals surface area contributed by atoms with Crippen LogP contribution in [0.2, 0.25) is 5.02 Å². The molecular weight excluding hydrogens is 388 g/mol. The van der Waals surface area contributed by atoms with Gasteiger partial charge in [-0.05, 0) is 56.2 Å². The average Bonchev–Trinajstić information content (AvgIpc) is 2.67. The number of likely N-dealkylation sites (N-methyl/N-ethyl adjacent to an activating group) is 1. The van der Waals surface area contributed by atoms with Crippen LogP contribution in [0.5, 0.6) is 0 Å². The van der Waals surface area contributed by atoms with Crippen molar-refractivity contribution in [1.82, 2.24) is 14.8 Å². The summed E-state index contributed by atoms with van der Waals surface area (Å²) in [6.45, 7) is 3.31. The van der Waals surface area contributed by atoms with Gasteiger partial charge >= 0.3 is 6.03 Å². The maximum atomic E-state index is 12.9. The highest BCUT2D eigenvalue weighted by molar-refractivity contribution is 6.33. The fourth-order valence-corrected chi connectivity index (χ4v) is 3.20. The van der Waals surface area contributed by atoms with Gasteiger partial charge in [-0.3, -0.25) is 4.79 Å². The summed E-state index contributed by atoms with van der Waals surface area (Å²) >= 11 is 6.17. The molecular formula is C22H25ClN4O2. The maximum Gasteiger partial charge on any atom is 0.322 e. The molecule has 0 saturated carbocycles. The molecule has 2 amide bonds. The zero-order valence-corrected chi connectivity index (χ0v) is 17.6. The second kappa shape index (κ2) is 9.11. The number of hydrogen-bond acceptors (Lipinski definition) is 3. The smallest absolute Gasteiger partial charge is 0.322 e. The molecule has 2 N–H and O–H groups in total. The van der Waals surface area contributed by atoms with E-state index in [1.165, 1.54) is 0 Å². The van der Waals surface area contributed by atoms with E-state index in [1.807, 2.05) is 56.3 Å². The third-order valence-corrected chi connectivity index (χ3v) is 4.99. The first-order chi connectivity index (χ1) is 13.8. The van der Waals surface area contributed by atoms with E-state index in [2.05, 4.69) is 10.3 Å². The van der Waals surface area contributed by atoms with Crippen LogP contribution in [-0.2, 0) is 6.54 Å². The Morgan fingerprint density at radius 3 is 2.59 bits per heavy atom. The molecule has 1 heterocycles. The summed E-state index contributed by atoms with van der Waals surface area (Å²) in [7, 11) is 3.88. The van der Waals surface area contributed by atoms with Crippen molar-refractivity contribution < 1.29 is 4.79 Å². The molecule has 0 bridgehead atoms. The van der Waals surface area contributed by atoms with Crippen molar-refractivity contribution in [2.45, 2.75) is 13.5 Å². The predicted octanol–water partition coefficient (Wildman–Crippen LogP) is 4.09. The molecule has 0 saturated heterocycles. The normalized spacial score (nSPS) is 11.1. The minimum atomic E-state index is -0.302. The molecule has 0 atom stereocenters. The Morgan fingerprint density at radius 1 is 1.10 bits per heavy atom. The van der Waals surface area contributed by atoms with Gasteiger partial charge in [0.15, 0.2) is 0 Å². The zero-order valence-electron chi connectivity index (χ0n) is 16.8. The molecule has 1 aromatic heterocycles. The van der Waals surface area contributed by atoms with Crippen LogP contribution < -0.4 is 10.9 Å². The molecule has 0 radical (unpaired) electrons. The number of nitrogens with zero attached hydrogens (tertiary/aromatic N) is 2. The number of anilines is 1. The van der Waals surface area contributed by atoms with Crippen LogP contribution in [0.15, 0.2) is 53.3 Å². The van der Waals surface area contributed by atoms with Gasteiger partial charge in [-0.25, -0.2) is 4.79 Å². The molecule has 152 valence electrons. The number of rotatable bonds is 6. The van der Waals surface area contributed by atoms with Gasteiger partial charge in [-0.2, -0.15) is 0 Å². The number of benzene rings is 2. The van der Waals surface area contributed by atoms with Crippen LogP contribution in [0.25, 0.3) is 10.9 Å². The predicted molar refractivity (Wildman–Crippen MR) is 119 cm³/mol. The average molecular weight is 413 g/mol. The van der Waals surface area contributed by atoms with Crippen molar-refractivity contribution in [1.29, 1.82) is 0 Å². The number of fused-ring (bicyclic) bond motifs is 1. The number of H-pyrrole nitrogens is 1. The quantitative estimate of drug-likeness (QED) is 0.640. The van der Waals surface area contributed by atoms with Crippen molar-refractivity contribution >= 4 is 34.2 Å². The second-order valence-electron chi connectivity index (χ2n) is 7.35. The number of amides is 2. The summed E-state index contributed by atoms with van der Waals surface area (Å²) < 4.78 is 0. The number of carbonyl (C=O) groups excluding carboxylic acids is 1. The van der Waals surface area contributed by atoms with Crippen molar-refractivity contribution in [3.63, 3.8) is 0 Å². The van der Waals surface area contributed by atoms with Gasteiger partial charge in [0.05, 0.1) is 17.3 Å². The number of para-hydroxylation sites is 1. The van der Waals surface area contributed by atoms with Crippen molar-refractivity contribution in [2.75, 3.05) is 32.5 Å². The summed E-state index contributed by atoms with van der Waals surface area (Å²) in [6.07, 6.45) is 0. The highest BCUT2D eigenvalue weighted by atomic mass is 35.5. The number of aromatic nitrogens is 1. The van der Waals surface area contributed by atoms with Crippen molar-refractivity contribution in [3.05, 3.63) is 75.0 Å². The van der Waals surface area contributed by atoms with E-state index >= 15 is 0 Å². The second-order valence-corrected chi connectivity index (χ2v) is 7.76. The fourth-order valence-electron chi connectivity index (χ4n) is 3.01. The minimum absolute atomic E-state index is 0.191. The molecule has 3 aromatic rings. The highest BCUT2D eigenvalue weighted by Crippen LogP contribution is 2.21. The lowest BCUT2D eigenvalue weighted by molar-refractivity contribution is 0.202. The SMILES string of the molecule is Cc1ccc2cc(CN(CCN(C)C)C(=O)Nc3ccccc3Cl)c(=O)[nH]c2c1. The van der Waals surface area contributed by atoms with Crippen LogP contribution >= 0.6 is 11.6 Å². The van der Waals surface area contributed by atoms with Gasteiger partial charge in [0.1, 0.15) is 0 Å². The zero-order chi connectivity index (χ0) is 21.0. The Morgan fingerprint density at radius 2 is 1.86 bits per heavy atom. The van der Waals surface area contributed by atoms with Crippen LogP contribution in [0.4, 0.5) is 10.5 Å². The van der Waals surface area contributed by atoms with Crippen LogP contribution in [0.3, 0.4) is 0 Å². The molecule has 7 heteroatoms. The third-order valence-electron chi connectivity index (χ3n) is 4.66. The summed E-state index contributed by atoms with van der Waals surface area (Å²) in [5.41, 5.74) is 2.75. The molecule has 0 aliphatic rings. The lowest BCUT2D eigenvalue weighted by atomic mass is 10.1. The van der Waals surface area contributed by atoms with Gasteiger partial charge in [0, 0.05) is 24.2 Å². The molecule has 2 aromatic carbocycles.